The molecule has 3 fully saturated rings. The molecule has 0 aliphatic carbocycles. The maximum atomic E-state index is 13.4. The predicted molar refractivity (Wildman–Crippen MR) is 226 cm³/mol. The number of methoxy groups -OCH3 is 1. The smallest absolute Gasteiger partial charge is 0.309 e. The first-order chi connectivity index (χ1) is 29.2. The number of rotatable bonds is 12. The zero-order valence-corrected chi connectivity index (χ0v) is 38.9. The molecule has 0 aromatic rings. The van der Waals surface area contributed by atoms with E-state index in [1.807, 2.05) is 52.2 Å². The normalized spacial score (nSPS) is 44.0. The van der Waals surface area contributed by atoms with Crippen molar-refractivity contribution in [3.63, 3.8) is 0 Å². The molecule has 4 rings (SSSR count). The van der Waals surface area contributed by atoms with Crippen LogP contribution in [0.1, 0.15) is 93.4 Å². The van der Waals surface area contributed by atoms with Crippen molar-refractivity contribution in [1.82, 2.24) is 9.80 Å². The van der Waals surface area contributed by atoms with Gasteiger partial charge >= 0.3 is 11.9 Å². The number of aldehydes is 1. The molecule has 62 heavy (non-hydrogen) atoms. The van der Waals surface area contributed by atoms with Gasteiger partial charge in [0.05, 0.1) is 48.6 Å². The minimum Gasteiger partial charge on any atom is -0.462 e. The molecule has 0 bridgehead atoms. The highest BCUT2D eigenvalue weighted by Gasteiger charge is 2.52. The molecule has 4 aliphatic heterocycles. The maximum Gasteiger partial charge on any atom is 0.309 e. The second-order valence-electron chi connectivity index (χ2n) is 18.4. The number of aliphatic hydroxyl groups is 3. The molecule has 3 N–H and O–H groups in total. The van der Waals surface area contributed by atoms with Gasteiger partial charge in [0.15, 0.2) is 18.9 Å². The van der Waals surface area contributed by atoms with Crippen molar-refractivity contribution in [3.05, 3.63) is 24.3 Å². The first-order valence-corrected chi connectivity index (χ1v) is 22.2. The van der Waals surface area contributed by atoms with E-state index in [9.17, 15) is 29.7 Å². The Hall–Kier alpha value is -2.39. The lowest BCUT2D eigenvalue weighted by Crippen LogP contribution is -2.65. The molecular weight excluding hydrogens is 808 g/mol. The average Bonchev–Trinajstić information content (AvgIpc) is 3.16. The summed E-state index contributed by atoms with van der Waals surface area (Å²) in [7, 11) is 9.02. The third kappa shape index (κ3) is 14.1. The maximum absolute atomic E-state index is 13.4. The Morgan fingerprint density at radius 1 is 0.903 bits per heavy atom. The van der Waals surface area contributed by atoms with Crippen LogP contribution >= 0.6 is 0 Å². The van der Waals surface area contributed by atoms with Gasteiger partial charge in [-0.1, -0.05) is 31.2 Å². The second-order valence-corrected chi connectivity index (χ2v) is 18.4. The van der Waals surface area contributed by atoms with Crippen LogP contribution in [0.5, 0.6) is 0 Å². The summed E-state index contributed by atoms with van der Waals surface area (Å²) in [6.07, 6.45) is -1.81. The number of hydrogen-bond donors (Lipinski definition) is 3. The van der Waals surface area contributed by atoms with E-state index in [0.29, 0.717) is 19.3 Å². The number of esters is 2. The standard InChI is InChI=1S/C45H76N2O15/c1-25-22-31(20-21-48)41(62-44-39(51)38(47(10)11)40(28(4)58-44)61-37-24-45(7,53)43(52)29(5)57-37)42(54-12)34(59-30(6)49)23-35(50)55-26(2)16-14-13-15-17-33(25)60-36-19-18-32(46(8)9)27(3)56-36/h13-15,17,21,25-29,31-34,36-44,51-53H,16,18-20,22-24H2,1-12H3/b14-13+,17-15+. The van der Waals surface area contributed by atoms with Gasteiger partial charge in [0, 0.05) is 39.3 Å². The highest BCUT2D eigenvalue weighted by molar-refractivity contribution is 5.72. The molecule has 3 saturated heterocycles. The first kappa shape index (κ1) is 52.2. The van der Waals surface area contributed by atoms with Crippen LogP contribution in [0.3, 0.4) is 0 Å². The third-order valence-electron chi connectivity index (χ3n) is 12.7. The van der Waals surface area contributed by atoms with Gasteiger partial charge in [0.2, 0.25) is 0 Å². The number of nitrogens with zero attached hydrogens (tertiary/aromatic N) is 2. The Bertz CT molecular complexity index is 1480. The molecule has 4 heterocycles. The molecule has 17 nitrogen and oxygen atoms in total. The number of carbonyl (C=O) groups is 3. The average molecular weight is 885 g/mol. The van der Waals surface area contributed by atoms with Crippen LogP contribution in [-0.4, -0.2) is 182 Å². The van der Waals surface area contributed by atoms with E-state index in [-0.39, 0.29) is 37.3 Å². The number of carbonyl (C=O) groups excluding carboxylic acids is 3. The molecule has 19 atom stereocenters. The summed E-state index contributed by atoms with van der Waals surface area (Å²) in [5, 5.41) is 33.6. The van der Waals surface area contributed by atoms with Crippen LogP contribution < -0.4 is 0 Å². The van der Waals surface area contributed by atoms with Gasteiger partial charge in [0.25, 0.3) is 0 Å². The first-order valence-electron chi connectivity index (χ1n) is 22.2. The molecule has 17 heteroatoms. The molecule has 4 aliphatic rings. The van der Waals surface area contributed by atoms with Gasteiger partial charge in [-0.25, -0.2) is 0 Å². The fourth-order valence-corrected chi connectivity index (χ4v) is 9.40. The Kier molecular flexibility index (Phi) is 20.0. The van der Waals surface area contributed by atoms with E-state index >= 15 is 0 Å². The molecule has 19 unspecified atom stereocenters. The summed E-state index contributed by atoms with van der Waals surface area (Å²) < 4.78 is 56.3. The Labute approximate surface area is 368 Å². The largest absolute Gasteiger partial charge is 0.462 e. The molecule has 0 amide bonds. The molecular formula is C45H76N2O15. The van der Waals surface area contributed by atoms with Crippen molar-refractivity contribution in [1.29, 1.82) is 0 Å². The van der Waals surface area contributed by atoms with Gasteiger partial charge < -0.3 is 72.5 Å². The number of allylic oxidation sites excluding steroid dienone is 2. The second kappa shape index (κ2) is 23.7. The SMILES string of the molecule is COC1C(OC(C)=O)CC(=O)OC(C)C/C=C/C=C/C(OC2CCC(N(C)C)C(C)O2)C(C)CC(CC=O)C1OC1OC(C)C(OC2CC(C)(O)C(O)C(C)O2)C(N(C)C)C1O. The van der Waals surface area contributed by atoms with E-state index < -0.39 is 109 Å². The molecule has 0 aromatic carbocycles. The summed E-state index contributed by atoms with van der Waals surface area (Å²) >= 11 is 0. The van der Waals surface area contributed by atoms with Crippen LogP contribution in [0.2, 0.25) is 0 Å². The fourth-order valence-electron chi connectivity index (χ4n) is 9.40. The lowest BCUT2D eigenvalue weighted by Gasteiger charge is -2.50. The van der Waals surface area contributed by atoms with E-state index in [1.165, 1.54) is 21.0 Å². The van der Waals surface area contributed by atoms with Gasteiger partial charge in [-0.2, -0.15) is 0 Å². The van der Waals surface area contributed by atoms with E-state index in [1.54, 1.807) is 39.8 Å². The van der Waals surface area contributed by atoms with Gasteiger partial charge in [0.1, 0.15) is 42.9 Å². The summed E-state index contributed by atoms with van der Waals surface area (Å²) in [6.45, 7) is 12.0. The van der Waals surface area contributed by atoms with Gasteiger partial charge in [-0.15, -0.1) is 0 Å². The number of ether oxygens (including phenoxy) is 9. The van der Waals surface area contributed by atoms with Crippen molar-refractivity contribution < 1.29 is 72.3 Å². The monoisotopic (exact) mass is 885 g/mol. The molecule has 356 valence electrons. The third-order valence-corrected chi connectivity index (χ3v) is 12.7. The molecule has 0 saturated carbocycles. The van der Waals surface area contributed by atoms with E-state index in [2.05, 4.69) is 4.90 Å². The quantitative estimate of drug-likeness (QED) is 0.191. The fraction of sp³-hybridized carbons (Fsp3) is 0.844. The Balaban J connectivity index is 1.73. The zero-order valence-electron chi connectivity index (χ0n) is 38.9. The van der Waals surface area contributed by atoms with Crippen molar-refractivity contribution in [2.75, 3.05) is 35.3 Å². The summed E-state index contributed by atoms with van der Waals surface area (Å²) in [5.74, 6) is -2.21. The summed E-state index contributed by atoms with van der Waals surface area (Å²) in [6, 6.07) is -0.509. The number of hydrogen-bond acceptors (Lipinski definition) is 17. The summed E-state index contributed by atoms with van der Waals surface area (Å²) in [4.78, 5) is 42.7. The zero-order chi connectivity index (χ0) is 46.1. The van der Waals surface area contributed by atoms with Crippen molar-refractivity contribution in [2.24, 2.45) is 11.8 Å². The highest BCUT2D eigenvalue weighted by Crippen LogP contribution is 2.38. The lowest BCUT2D eigenvalue weighted by molar-refractivity contribution is -0.344. The van der Waals surface area contributed by atoms with E-state index in [4.69, 9.17) is 42.6 Å². The Morgan fingerprint density at radius 3 is 2.19 bits per heavy atom. The van der Waals surface area contributed by atoms with Gasteiger partial charge in [-0.3, -0.25) is 9.59 Å². The highest BCUT2D eigenvalue weighted by atomic mass is 16.7. The topological polar surface area (TPSA) is 201 Å². The van der Waals surface area contributed by atoms with E-state index in [0.717, 1.165) is 12.7 Å². The van der Waals surface area contributed by atoms with Crippen LogP contribution in [0.4, 0.5) is 0 Å². The minimum atomic E-state index is -1.49. The predicted octanol–water partition coefficient (Wildman–Crippen LogP) is 2.90. The number of aliphatic hydroxyl groups excluding tert-OH is 2. The van der Waals surface area contributed by atoms with Crippen LogP contribution in [0.15, 0.2) is 24.3 Å². The molecule has 0 aromatic heterocycles. The molecule has 0 radical (unpaired) electrons. The summed E-state index contributed by atoms with van der Waals surface area (Å²) in [5.41, 5.74) is -1.49. The minimum absolute atomic E-state index is 0.0293. The number of cyclic esters (lactones) is 1. The lowest BCUT2D eigenvalue weighted by atomic mass is 9.82. The van der Waals surface area contributed by atoms with Crippen LogP contribution in [0, 0.1) is 11.8 Å². The van der Waals surface area contributed by atoms with Gasteiger partial charge in [-0.05, 0) is 93.9 Å². The van der Waals surface area contributed by atoms with Crippen molar-refractivity contribution >= 4 is 18.2 Å². The number of likely N-dealkylation sites (N-methyl/N-ethyl adjacent to an activating group) is 2. The molecule has 0 spiro atoms. The Morgan fingerprint density at radius 2 is 1.60 bits per heavy atom. The van der Waals surface area contributed by atoms with Crippen molar-refractivity contribution in [3.8, 4) is 0 Å². The van der Waals surface area contributed by atoms with Crippen molar-refractivity contribution in [2.45, 2.75) is 197 Å². The van der Waals surface area contributed by atoms with Crippen LogP contribution in [0.25, 0.3) is 0 Å². The van der Waals surface area contributed by atoms with Crippen LogP contribution in [-0.2, 0) is 57.0 Å².